The molecule has 0 radical (unpaired) electrons. The van der Waals surface area contributed by atoms with Gasteiger partial charge in [-0.15, -0.1) is 0 Å². The Bertz CT molecular complexity index is 1510. The summed E-state index contributed by atoms with van der Waals surface area (Å²) in [6.45, 7) is 8.75. The third-order valence-corrected chi connectivity index (χ3v) is 9.14. The zero-order chi connectivity index (χ0) is 30.7. The van der Waals surface area contributed by atoms with Gasteiger partial charge in [0.2, 0.25) is 10.0 Å². The molecule has 3 aromatic rings. The predicted octanol–water partition coefficient (Wildman–Crippen LogP) is 5.38. The first-order valence-electron chi connectivity index (χ1n) is 13.9. The van der Waals surface area contributed by atoms with Crippen molar-refractivity contribution in [2.24, 2.45) is 5.92 Å². The van der Waals surface area contributed by atoms with Crippen molar-refractivity contribution in [1.29, 1.82) is 0 Å². The van der Waals surface area contributed by atoms with E-state index in [9.17, 15) is 23.1 Å². The highest BCUT2D eigenvalue weighted by molar-refractivity contribution is 7.89. The van der Waals surface area contributed by atoms with Gasteiger partial charge in [0.1, 0.15) is 22.9 Å². The van der Waals surface area contributed by atoms with E-state index in [2.05, 4.69) is 35.9 Å². The van der Waals surface area contributed by atoms with Crippen LogP contribution in [0.25, 0.3) is 0 Å². The van der Waals surface area contributed by atoms with Crippen molar-refractivity contribution in [2.45, 2.75) is 76.5 Å². The van der Waals surface area contributed by atoms with E-state index in [1.807, 2.05) is 12.1 Å². The van der Waals surface area contributed by atoms with Crippen molar-refractivity contribution >= 4 is 27.9 Å². The lowest BCUT2D eigenvalue weighted by Crippen LogP contribution is -2.40. The van der Waals surface area contributed by atoms with Gasteiger partial charge >= 0.3 is 12.1 Å². The van der Waals surface area contributed by atoms with Crippen LogP contribution in [0.4, 0.5) is 10.6 Å². The molecule has 0 atom stereocenters. The Kier molecular flexibility index (Phi) is 9.03. The average Bonchev–Trinajstić information content (AvgIpc) is 3.74. The standard InChI is InChI=1S/C31H38N4O6S/c1-22(2)31(15-16-31)24-13-11-23(12-14-24)19-34(42(39,40)26-9-7-17-32-18-26)20-25-8-6-10-27(33-25)35(21-28(36)37)29(38)41-30(3,4)5/h6-14,17-18,22H,15-16,19-21H2,1-5H3,(H,36,37). The van der Waals surface area contributed by atoms with Crippen molar-refractivity contribution in [3.05, 3.63) is 83.8 Å². The topological polar surface area (TPSA) is 130 Å². The Morgan fingerprint density at radius 2 is 1.71 bits per heavy atom. The Labute approximate surface area is 247 Å². The summed E-state index contributed by atoms with van der Waals surface area (Å²) in [6.07, 6.45) is 4.23. The van der Waals surface area contributed by atoms with Crippen molar-refractivity contribution in [1.82, 2.24) is 14.3 Å². The quantitative estimate of drug-likeness (QED) is 0.313. The number of nitrogens with zero attached hydrogens (tertiary/aromatic N) is 4. The van der Waals surface area contributed by atoms with Gasteiger partial charge < -0.3 is 9.84 Å². The Morgan fingerprint density at radius 1 is 1.02 bits per heavy atom. The van der Waals surface area contributed by atoms with Gasteiger partial charge in [-0.05, 0) is 80.3 Å². The van der Waals surface area contributed by atoms with Crippen LogP contribution in [-0.4, -0.2) is 52.0 Å². The molecule has 2 aromatic heterocycles. The number of benzene rings is 1. The number of rotatable bonds is 11. The molecular formula is C31H38N4O6S. The molecule has 0 unspecified atom stereocenters. The molecule has 1 aliphatic carbocycles. The molecule has 4 rings (SSSR count). The molecule has 0 aliphatic heterocycles. The number of pyridine rings is 2. The normalized spacial score (nSPS) is 14.5. The van der Waals surface area contributed by atoms with Crippen molar-refractivity contribution in [2.75, 3.05) is 11.4 Å². The fourth-order valence-electron chi connectivity index (χ4n) is 4.93. The Morgan fingerprint density at radius 3 is 2.26 bits per heavy atom. The number of carbonyl (C=O) groups is 2. The molecule has 0 saturated heterocycles. The minimum Gasteiger partial charge on any atom is -0.480 e. The van der Waals surface area contributed by atoms with E-state index in [1.54, 1.807) is 39.0 Å². The summed E-state index contributed by atoms with van der Waals surface area (Å²) in [5, 5.41) is 9.44. The van der Waals surface area contributed by atoms with E-state index >= 15 is 0 Å². The number of carbonyl (C=O) groups excluding carboxylic acids is 1. The smallest absolute Gasteiger partial charge is 0.416 e. The van der Waals surface area contributed by atoms with Crippen LogP contribution in [0, 0.1) is 5.92 Å². The highest BCUT2D eigenvalue weighted by Crippen LogP contribution is 2.53. The molecule has 1 saturated carbocycles. The molecule has 0 bridgehead atoms. The van der Waals surface area contributed by atoms with Crippen molar-refractivity contribution < 1.29 is 27.9 Å². The number of anilines is 1. The fraction of sp³-hybridized carbons (Fsp3) is 0.419. The molecule has 1 aliphatic rings. The van der Waals surface area contributed by atoms with Gasteiger partial charge in [-0.25, -0.2) is 18.2 Å². The van der Waals surface area contributed by atoms with Crippen LogP contribution in [0.15, 0.2) is 71.9 Å². The van der Waals surface area contributed by atoms with Crippen LogP contribution in [-0.2, 0) is 38.1 Å². The second kappa shape index (κ2) is 12.2. The number of aliphatic carboxylic acids is 1. The second-order valence-electron chi connectivity index (χ2n) is 11.9. The maximum atomic E-state index is 13.8. The monoisotopic (exact) mass is 594 g/mol. The van der Waals surface area contributed by atoms with Crippen LogP contribution in [0.5, 0.6) is 0 Å². The number of hydrogen-bond donors (Lipinski definition) is 1. The lowest BCUT2D eigenvalue weighted by molar-refractivity contribution is -0.135. The van der Waals surface area contributed by atoms with E-state index in [4.69, 9.17) is 4.74 Å². The summed E-state index contributed by atoms with van der Waals surface area (Å²) in [5.41, 5.74) is 1.73. The van der Waals surface area contributed by atoms with Gasteiger partial charge in [0.05, 0.1) is 12.2 Å². The SMILES string of the molecule is CC(C)C1(c2ccc(CN(Cc3cccc(N(CC(=O)O)C(=O)OC(C)(C)C)n3)S(=O)(=O)c3cccnc3)cc2)CC1. The number of carboxylic acids is 1. The summed E-state index contributed by atoms with van der Waals surface area (Å²) in [4.78, 5) is 33.8. The summed E-state index contributed by atoms with van der Waals surface area (Å²) < 4.78 is 34.3. The molecule has 1 N–H and O–H groups in total. The third kappa shape index (κ3) is 7.32. The average molecular weight is 595 g/mol. The van der Waals surface area contributed by atoms with Crippen LogP contribution in [0.3, 0.4) is 0 Å². The molecular weight excluding hydrogens is 556 g/mol. The molecule has 42 heavy (non-hydrogen) atoms. The van der Waals surface area contributed by atoms with E-state index < -0.39 is 34.2 Å². The lowest BCUT2D eigenvalue weighted by atomic mass is 9.85. The van der Waals surface area contributed by atoms with E-state index in [1.165, 1.54) is 34.4 Å². The van der Waals surface area contributed by atoms with Crippen LogP contribution in [0.2, 0.25) is 0 Å². The van der Waals surface area contributed by atoms with Crippen LogP contribution < -0.4 is 4.90 Å². The molecule has 224 valence electrons. The molecule has 11 heteroatoms. The molecule has 0 spiro atoms. The molecule has 1 amide bonds. The molecule has 2 heterocycles. The first-order valence-corrected chi connectivity index (χ1v) is 15.3. The van der Waals surface area contributed by atoms with Crippen molar-refractivity contribution in [3.63, 3.8) is 0 Å². The lowest BCUT2D eigenvalue weighted by Gasteiger charge is -2.26. The van der Waals surface area contributed by atoms with E-state index in [0.717, 1.165) is 23.3 Å². The van der Waals surface area contributed by atoms with Gasteiger partial charge in [-0.2, -0.15) is 4.31 Å². The number of hydrogen-bond acceptors (Lipinski definition) is 7. The maximum absolute atomic E-state index is 13.8. The fourth-order valence-corrected chi connectivity index (χ4v) is 6.30. The molecule has 1 fully saturated rings. The largest absolute Gasteiger partial charge is 0.480 e. The van der Waals surface area contributed by atoms with Crippen LogP contribution in [0.1, 0.15) is 64.3 Å². The van der Waals surface area contributed by atoms with E-state index in [0.29, 0.717) is 11.6 Å². The summed E-state index contributed by atoms with van der Waals surface area (Å²) in [6, 6.07) is 15.9. The Balaban J connectivity index is 1.65. The maximum Gasteiger partial charge on any atom is 0.416 e. The minimum atomic E-state index is -4.00. The minimum absolute atomic E-state index is 0.0376. The number of sulfonamides is 1. The summed E-state index contributed by atoms with van der Waals surface area (Å²) in [7, 11) is -4.00. The molecule has 10 nitrogen and oxygen atoms in total. The summed E-state index contributed by atoms with van der Waals surface area (Å²) in [5.74, 6) is -0.691. The van der Waals surface area contributed by atoms with Gasteiger partial charge in [0.25, 0.3) is 0 Å². The van der Waals surface area contributed by atoms with Gasteiger partial charge in [-0.1, -0.05) is 44.2 Å². The Hall–Kier alpha value is -3.83. The van der Waals surface area contributed by atoms with Crippen molar-refractivity contribution in [3.8, 4) is 0 Å². The zero-order valence-corrected chi connectivity index (χ0v) is 25.5. The van der Waals surface area contributed by atoms with E-state index in [-0.39, 0.29) is 29.2 Å². The summed E-state index contributed by atoms with van der Waals surface area (Å²) >= 11 is 0. The van der Waals surface area contributed by atoms with Gasteiger partial charge in [-0.3, -0.25) is 14.7 Å². The number of amides is 1. The van der Waals surface area contributed by atoms with Gasteiger partial charge in [0.15, 0.2) is 0 Å². The second-order valence-corrected chi connectivity index (χ2v) is 13.9. The van der Waals surface area contributed by atoms with Gasteiger partial charge in [0, 0.05) is 18.9 Å². The first kappa shape index (κ1) is 31.1. The highest BCUT2D eigenvalue weighted by Gasteiger charge is 2.46. The van der Waals surface area contributed by atoms with Crippen LogP contribution >= 0.6 is 0 Å². The number of ether oxygens (including phenoxy) is 1. The predicted molar refractivity (Wildman–Crippen MR) is 158 cm³/mol. The first-order chi connectivity index (χ1) is 19.7. The molecule has 1 aromatic carbocycles. The number of carboxylic acid groups (broad SMARTS) is 1. The highest BCUT2D eigenvalue weighted by atomic mass is 32.2. The number of aromatic nitrogens is 2. The third-order valence-electron chi connectivity index (χ3n) is 7.37. The zero-order valence-electron chi connectivity index (χ0n) is 24.6.